The van der Waals surface area contributed by atoms with E-state index in [1.165, 1.54) is 6.07 Å². The number of carboxylic acids is 1. The summed E-state index contributed by atoms with van der Waals surface area (Å²) in [4.78, 5) is 17.7. The van der Waals surface area contributed by atoms with E-state index in [-0.39, 0.29) is 17.9 Å². The minimum Gasteiger partial charge on any atom is -0.477 e. The third-order valence-electron chi connectivity index (χ3n) is 5.57. The molecule has 0 amide bonds. The smallest absolute Gasteiger partial charge is 0.354 e. The van der Waals surface area contributed by atoms with Crippen LogP contribution in [0.3, 0.4) is 0 Å². The van der Waals surface area contributed by atoms with Gasteiger partial charge in [0.05, 0.1) is 17.5 Å². The van der Waals surface area contributed by atoms with Crippen LogP contribution in [0.15, 0.2) is 54.7 Å². The van der Waals surface area contributed by atoms with Crippen LogP contribution in [0.1, 0.15) is 46.4 Å². The molecule has 1 N–H and O–H groups in total. The minimum absolute atomic E-state index is 0.0812. The Kier molecular flexibility index (Phi) is 6.65. The van der Waals surface area contributed by atoms with Gasteiger partial charge in [-0.2, -0.15) is 5.10 Å². The molecule has 1 aliphatic heterocycles. The first-order valence-electron chi connectivity index (χ1n) is 10.3. The highest BCUT2D eigenvalue weighted by Gasteiger charge is 2.26. The number of aromatic nitrogens is 3. The first-order valence-corrected chi connectivity index (χ1v) is 10.7. The molecule has 1 atom stereocenters. The molecule has 0 saturated carbocycles. The summed E-state index contributed by atoms with van der Waals surface area (Å²) in [5.74, 6) is -1.00. The molecular weight excluding hydrogens is 416 g/mol. The number of carbonyl (C=O) groups is 1. The summed E-state index contributed by atoms with van der Waals surface area (Å²) < 4.78 is 8.41. The lowest BCUT2D eigenvalue weighted by Crippen LogP contribution is -2.37. The first kappa shape index (κ1) is 21.5. The average molecular weight is 441 g/mol. The average Bonchev–Trinajstić information content (AvgIpc) is 3.20. The van der Waals surface area contributed by atoms with Gasteiger partial charge in [-0.05, 0) is 48.7 Å². The van der Waals surface area contributed by atoms with Crippen LogP contribution in [0.5, 0.6) is 0 Å². The molecule has 3 heterocycles. The maximum absolute atomic E-state index is 11.1. The molecule has 0 bridgehead atoms. The van der Waals surface area contributed by atoms with Crippen LogP contribution in [-0.2, 0) is 18.3 Å². The Balaban J connectivity index is 1.40. The van der Waals surface area contributed by atoms with E-state index in [0.717, 1.165) is 42.9 Å². The molecule has 1 fully saturated rings. The lowest BCUT2D eigenvalue weighted by atomic mass is 10.0. The van der Waals surface area contributed by atoms with E-state index in [2.05, 4.69) is 15.0 Å². The van der Waals surface area contributed by atoms with E-state index < -0.39 is 5.97 Å². The van der Waals surface area contributed by atoms with E-state index in [0.29, 0.717) is 11.6 Å². The van der Waals surface area contributed by atoms with Crippen molar-refractivity contribution in [2.45, 2.75) is 31.6 Å². The number of piperidine rings is 1. The second-order valence-corrected chi connectivity index (χ2v) is 8.18. The van der Waals surface area contributed by atoms with Gasteiger partial charge in [0, 0.05) is 37.9 Å². The SMILES string of the molecule is Cn1nccc1C(OC1CCN(Cc2cccc(C(=O)O)n2)CC1)c1ccc(Cl)cc1. The van der Waals surface area contributed by atoms with Gasteiger partial charge in [-0.3, -0.25) is 9.58 Å². The summed E-state index contributed by atoms with van der Waals surface area (Å²) in [6, 6.07) is 14.9. The van der Waals surface area contributed by atoms with Crippen LogP contribution in [0, 0.1) is 0 Å². The monoisotopic (exact) mass is 440 g/mol. The number of hydrogen-bond acceptors (Lipinski definition) is 5. The Morgan fingerprint density at radius 3 is 2.58 bits per heavy atom. The number of likely N-dealkylation sites (tertiary alicyclic amines) is 1. The van der Waals surface area contributed by atoms with Gasteiger partial charge in [0.15, 0.2) is 0 Å². The fourth-order valence-corrected chi connectivity index (χ4v) is 4.04. The summed E-state index contributed by atoms with van der Waals surface area (Å²) >= 11 is 6.07. The van der Waals surface area contributed by atoms with Gasteiger partial charge in [0.1, 0.15) is 11.8 Å². The Bertz CT molecular complexity index is 1030. The van der Waals surface area contributed by atoms with E-state index in [1.807, 2.05) is 48.1 Å². The Morgan fingerprint density at radius 1 is 1.19 bits per heavy atom. The molecule has 31 heavy (non-hydrogen) atoms. The minimum atomic E-state index is -1.00. The zero-order chi connectivity index (χ0) is 21.8. The van der Waals surface area contributed by atoms with E-state index >= 15 is 0 Å². The van der Waals surface area contributed by atoms with Gasteiger partial charge in [0.25, 0.3) is 0 Å². The van der Waals surface area contributed by atoms with Crippen molar-refractivity contribution in [3.05, 3.63) is 82.4 Å². The van der Waals surface area contributed by atoms with Crippen molar-refractivity contribution in [3.63, 3.8) is 0 Å². The van der Waals surface area contributed by atoms with E-state index in [9.17, 15) is 4.79 Å². The predicted molar refractivity (Wildman–Crippen MR) is 117 cm³/mol. The van der Waals surface area contributed by atoms with Crippen molar-refractivity contribution in [3.8, 4) is 0 Å². The number of aromatic carboxylic acids is 1. The molecule has 0 aliphatic carbocycles. The largest absolute Gasteiger partial charge is 0.477 e. The number of carboxylic acid groups (broad SMARTS) is 1. The number of aryl methyl sites for hydroxylation is 1. The molecule has 8 heteroatoms. The number of ether oxygens (including phenoxy) is 1. The third-order valence-corrected chi connectivity index (χ3v) is 5.83. The van der Waals surface area contributed by atoms with Crippen molar-refractivity contribution in [1.29, 1.82) is 0 Å². The molecule has 1 saturated heterocycles. The second-order valence-electron chi connectivity index (χ2n) is 7.74. The summed E-state index contributed by atoms with van der Waals surface area (Å²) in [6.45, 7) is 2.36. The van der Waals surface area contributed by atoms with Crippen LogP contribution in [0.2, 0.25) is 5.02 Å². The van der Waals surface area contributed by atoms with Gasteiger partial charge in [-0.1, -0.05) is 29.8 Å². The van der Waals surface area contributed by atoms with Gasteiger partial charge in [-0.25, -0.2) is 9.78 Å². The molecule has 0 spiro atoms. The maximum Gasteiger partial charge on any atom is 0.354 e. The van der Waals surface area contributed by atoms with Crippen molar-refractivity contribution in [2.75, 3.05) is 13.1 Å². The first-order chi connectivity index (χ1) is 15.0. The van der Waals surface area contributed by atoms with Crippen molar-refractivity contribution in [2.24, 2.45) is 7.05 Å². The third kappa shape index (κ3) is 5.31. The molecule has 1 aromatic carbocycles. The van der Waals surface area contributed by atoms with Gasteiger partial charge >= 0.3 is 5.97 Å². The van der Waals surface area contributed by atoms with Gasteiger partial charge in [-0.15, -0.1) is 0 Å². The summed E-state index contributed by atoms with van der Waals surface area (Å²) in [5, 5.41) is 14.1. The molecule has 2 aromatic heterocycles. The number of pyridine rings is 1. The maximum atomic E-state index is 11.1. The number of halogens is 1. The fourth-order valence-electron chi connectivity index (χ4n) is 3.91. The molecular formula is C23H25ClN4O3. The molecule has 4 rings (SSSR count). The molecule has 0 radical (unpaired) electrons. The van der Waals surface area contributed by atoms with E-state index in [4.69, 9.17) is 21.4 Å². The highest BCUT2D eigenvalue weighted by molar-refractivity contribution is 6.30. The van der Waals surface area contributed by atoms with Crippen LogP contribution in [-0.4, -0.2) is 49.9 Å². The number of nitrogens with zero attached hydrogens (tertiary/aromatic N) is 4. The second kappa shape index (κ2) is 9.60. The highest BCUT2D eigenvalue weighted by atomic mass is 35.5. The Morgan fingerprint density at radius 2 is 1.94 bits per heavy atom. The topological polar surface area (TPSA) is 80.5 Å². The number of hydrogen-bond donors (Lipinski definition) is 1. The molecule has 7 nitrogen and oxygen atoms in total. The van der Waals surface area contributed by atoms with Gasteiger partial charge < -0.3 is 9.84 Å². The van der Waals surface area contributed by atoms with Crippen LogP contribution in [0.4, 0.5) is 0 Å². The summed E-state index contributed by atoms with van der Waals surface area (Å²) in [6.07, 6.45) is 3.46. The molecule has 3 aromatic rings. The predicted octanol–water partition coefficient (Wildman–Crippen LogP) is 3.94. The zero-order valence-electron chi connectivity index (χ0n) is 17.3. The quantitative estimate of drug-likeness (QED) is 0.599. The molecule has 1 aliphatic rings. The number of benzene rings is 1. The summed E-state index contributed by atoms with van der Waals surface area (Å²) in [7, 11) is 1.92. The van der Waals surface area contributed by atoms with Crippen LogP contribution >= 0.6 is 11.6 Å². The lowest BCUT2D eigenvalue weighted by Gasteiger charge is -2.34. The Labute approximate surface area is 186 Å². The molecule has 1 unspecified atom stereocenters. The van der Waals surface area contributed by atoms with Crippen molar-refractivity contribution in [1.82, 2.24) is 19.7 Å². The van der Waals surface area contributed by atoms with Crippen LogP contribution in [0.25, 0.3) is 0 Å². The Hall–Kier alpha value is -2.74. The van der Waals surface area contributed by atoms with Crippen molar-refractivity contribution < 1.29 is 14.6 Å². The van der Waals surface area contributed by atoms with Crippen molar-refractivity contribution >= 4 is 17.6 Å². The highest BCUT2D eigenvalue weighted by Crippen LogP contribution is 2.30. The van der Waals surface area contributed by atoms with Crippen LogP contribution < -0.4 is 0 Å². The molecule has 162 valence electrons. The fraction of sp³-hybridized carbons (Fsp3) is 0.348. The lowest BCUT2D eigenvalue weighted by molar-refractivity contribution is -0.0310. The van der Waals surface area contributed by atoms with Gasteiger partial charge in [0.2, 0.25) is 0 Å². The van der Waals surface area contributed by atoms with E-state index in [1.54, 1.807) is 12.3 Å². The number of rotatable bonds is 7. The zero-order valence-corrected chi connectivity index (χ0v) is 18.1. The normalized spacial score (nSPS) is 16.3. The summed E-state index contributed by atoms with van der Waals surface area (Å²) in [5.41, 5.74) is 2.90. The standard InChI is InChI=1S/C23H25ClN4O3/c1-27-21(9-12-25-27)22(16-5-7-17(24)8-6-16)31-19-10-13-28(14-11-19)15-18-3-2-4-20(26-18)23(29)30/h2-9,12,19,22H,10-11,13-15H2,1H3,(H,29,30).